The van der Waals surface area contributed by atoms with Crippen LogP contribution in [-0.4, -0.2) is 46.4 Å². The van der Waals surface area contributed by atoms with E-state index in [0.29, 0.717) is 0 Å². The van der Waals surface area contributed by atoms with E-state index in [1.165, 1.54) is 6.08 Å². The monoisotopic (exact) mass is 336 g/mol. The first-order valence-electron chi connectivity index (χ1n) is 8.05. The molecule has 2 N–H and O–H groups in total. The molecule has 0 radical (unpaired) electrons. The van der Waals surface area contributed by atoms with Gasteiger partial charge in [-0.3, -0.25) is 0 Å². The SMILES string of the molecule is C=CC(=O)OC1(C2CO2)CC1.O=C(O)C1=C(C(=O)O)C2CCC1C2. The standard InChI is InChI=1S/C9H10O4.C8H10O3/c10-8(11)6-4-1-2-5(3-4)7(6)9(12)13;1-2-7(9)11-8(3-4-8)6-5-10-6/h4-5H,1-3H2,(H,10,11)(H,12,13);2,6H,1,3-5H2. The number of fused-ring (bicyclic) bond motifs is 2. The Labute approximate surface area is 138 Å². The largest absolute Gasteiger partial charge is 0.478 e. The van der Waals surface area contributed by atoms with Crippen molar-refractivity contribution in [3.63, 3.8) is 0 Å². The lowest BCUT2D eigenvalue weighted by Crippen LogP contribution is -2.24. The summed E-state index contributed by atoms with van der Waals surface area (Å²) in [7, 11) is 0. The number of epoxide rings is 1. The molecule has 3 unspecified atom stereocenters. The van der Waals surface area contributed by atoms with Crippen molar-refractivity contribution in [3.05, 3.63) is 23.8 Å². The number of carboxylic acids is 2. The Kier molecular flexibility index (Phi) is 4.21. The Bertz CT molecular complexity index is 595. The van der Waals surface area contributed by atoms with E-state index in [1.54, 1.807) is 0 Å². The molecule has 1 aliphatic heterocycles. The lowest BCUT2D eigenvalue weighted by Gasteiger charge is -2.12. The van der Waals surface area contributed by atoms with Gasteiger partial charge in [0.15, 0.2) is 0 Å². The minimum atomic E-state index is -1.05. The van der Waals surface area contributed by atoms with E-state index >= 15 is 0 Å². The zero-order valence-corrected chi connectivity index (χ0v) is 13.2. The van der Waals surface area contributed by atoms with Crippen LogP contribution < -0.4 is 0 Å². The van der Waals surface area contributed by atoms with Gasteiger partial charge in [-0.1, -0.05) is 6.58 Å². The van der Waals surface area contributed by atoms with Crippen LogP contribution in [0.3, 0.4) is 0 Å². The van der Waals surface area contributed by atoms with Crippen molar-refractivity contribution < 1.29 is 34.1 Å². The highest BCUT2D eigenvalue weighted by Gasteiger charge is 2.59. The first-order chi connectivity index (χ1) is 11.4. The molecule has 130 valence electrons. The third-order valence-corrected chi connectivity index (χ3v) is 5.13. The zero-order chi connectivity index (χ0) is 17.5. The van der Waals surface area contributed by atoms with E-state index in [4.69, 9.17) is 19.7 Å². The molecule has 2 saturated carbocycles. The summed E-state index contributed by atoms with van der Waals surface area (Å²) in [6.45, 7) is 4.08. The Morgan fingerprint density at radius 3 is 1.96 bits per heavy atom. The van der Waals surface area contributed by atoms with Crippen LogP contribution in [0, 0.1) is 11.8 Å². The van der Waals surface area contributed by atoms with E-state index in [9.17, 15) is 14.4 Å². The van der Waals surface area contributed by atoms with Crippen LogP contribution in [0.4, 0.5) is 0 Å². The molecule has 3 fully saturated rings. The van der Waals surface area contributed by atoms with Crippen LogP contribution in [0.25, 0.3) is 0 Å². The van der Waals surface area contributed by atoms with Gasteiger partial charge in [-0.2, -0.15) is 0 Å². The highest BCUT2D eigenvalue weighted by molar-refractivity contribution is 6.01. The number of ether oxygens (including phenoxy) is 2. The molecule has 0 amide bonds. The molecular formula is C17H20O7. The Morgan fingerprint density at radius 2 is 1.62 bits per heavy atom. The van der Waals surface area contributed by atoms with Crippen molar-refractivity contribution in [2.75, 3.05) is 6.61 Å². The van der Waals surface area contributed by atoms with Gasteiger partial charge in [0.1, 0.15) is 11.7 Å². The Morgan fingerprint density at radius 1 is 1.12 bits per heavy atom. The van der Waals surface area contributed by atoms with Gasteiger partial charge in [0.25, 0.3) is 0 Å². The smallest absolute Gasteiger partial charge is 0.332 e. The maximum atomic E-state index is 10.8. The number of carbonyl (C=O) groups excluding carboxylic acids is 1. The number of hydrogen-bond donors (Lipinski definition) is 2. The molecule has 1 heterocycles. The average Bonchev–Trinajstić information content (AvgIpc) is 3.45. The number of carboxylic acid groups (broad SMARTS) is 2. The van der Waals surface area contributed by atoms with Crippen molar-refractivity contribution in [1.82, 2.24) is 0 Å². The molecule has 4 aliphatic rings. The Hall–Kier alpha value is -2.15. The van der Waals surface area contributed by atoms with Gasteiger partial charge in [0.2, 0.25) is 0 Å². The third-order valence-electron chi connectivity index (χ3n) is 5.13. The highest BCUT2D eigenvalue weighted by atomic mass is 16.6. The van der Waals surface area contributed by atoms with E-state index in [0.717, 1.165) is 38.7 Å². The van der Waals surface area contributed by atoms with Gasteiger partial charge in [0, 0.05) is 6.08 Å². The van der Waals surface area contributed by atoms with Gasteiger partial charge < -0.3 is 19.7 Å². The summed E-state index contributed by atoms with van der Waals surface area (Å²) in [4.78, 5) is 32.4. The molecule has 0 spiro atoms. The minimum absolute atomic E-state index is 0.00593. The van der Waals surface area contributed by atoms with E-state index in [-0.39, 0.29) is 40.7 Å². The first kappa shape index (κ1) is 16.7. The van der Waals surface area contributed by atoms with Crippen LogP contribution in [0.5, 0.6) is 0 Å². The second-order valence-corrected chi connectivity index (χ2v) is 6.66. The number of carbonyl (C=O) groups is 3. The number of esters is 1. The number of rotatable bonds is 5. The fraction of sp³-hybridized carbons (Fsp3) is 0.588. The van der Waals surface area contributed by atoms with Crippen LogP contribution in [0.15, 0.2) is 23.8 Å². The third kappa shape index (κ3) is 3.08. The molecule has 3 aliphatic carbocycles. The number of aliphatic carboxylic acids is 2. The van der Waals surface area contributed by atoms with Crippen molar-refractivity contribution in [3.8, 4) is 0 Å². The average molecular weight is 336 g/mol. The van der Waals surface area contributed by atoms with E-state index < -0.39 is 11.9 Å². The lowest BCUT2D eigenvalue weighted by atomic mass is 9.92. The van der Waals surface area contributed by atoms with E-state index in [1.807, 2.05) is 0 Å². The summed E-state index contributed by atoms with van der Waals surface area (Å²) < 4.78 is 10.2. The summed E-state index contributed by atoms with van der Waals surface area (Å²) in [6.07, 6.45) is 5.65. The molecule has 7 nitrogen and oxygen atoms in total. The quantitative estimate of drug-likeness (QED) is 0.444. The van der Waals surface area contributed by atoms with E-state index in [2.05, 4.69) is 6.58 Å². The summed E-state index contributed by atoms with van der Waals surface area (Å²) in [6, 6.07) is 0. The maximum Gasteiger partial charge on any atom is 0.332 e. The fourth-order valence-electron chi connectivity index (χ4n) is 3.73. The topological polar surface area (TPSA) is 113 Å². The van der Waals surface area contributed by atoms with Gasteiger partial charge >= 0.3 is 17.9 Å². The molecule has 4 rings (SSSR count). The summed E-state index contributed by atoms with van der Waals surface area (Å²) in [5.74, 6) is -2.45. The highest BCUT2D eigenvalue weighted by Crippen LogP contribution is 2.49. The van der Waals surface area contributed by atoms with Crippen LogP contribution >= 0.6 is 0 Å². The van der Waals surface area contributed by atoms with Gasteiger partial charge in [0.05, 0.1) is 17.8 Å². The second-order valence-electron chi connectivity index (χ2n) is 6.66. The van der Waals surface area contributed by atoms with Crippen molar-refractivity contribution in [2.24, 2.45) is 11.8 Å². The fourth-order valence-corrected chi connectivity index (χ4v) is 3.73. The van der Waals surface area contributed by atoms with Gasteiger partial charge in [-0.25, -0.2) is 14.4 Å². The van der Waals surface area contributed by atoms with Crippen molar-refractivity contribution in [2.45, 2.75) is 43.8 Å². The minimum Gasteiger partial charge on any atom is -0.478 e. The molecule has 0 aromatic heterocycles. The first-order valence-corrected chi connectivity index (χ1v) is 8.05. The lowest BCUT2D eigenvalue weighted by molar-refractivity contribution is -0.146. The second kappa shape index (κ2) is 6.05. The number of hydrogen-bond acceptors (Lipinski definition) is 5. The summed E-state index contributed by atoms with van der Waals surface area (Å²) >= 11 is 0. The molecule has 24 heavy (non-hydrogen) atoms. The molecular weight excluding hydrogens is 316 g/mol. The van der Waals surface area contributed by atoms with Crippen molar-refractivity contribution >= 4 is 17.9 Å². The molecule has 0 aromatic rings. The van der Waals surface area contributed by atoms with Crippen LogP contribution in [0.2, 0.25) is 0 Å². The molecule has 0 aromatic carbocycles. The zero-order valence-electron chi connectivity index (χ0n) is 13.2. The normalized spacial score (nSPS) is 30.9. The Balaban J connectivity index is 0.000000143. The predicted molar refractivity (Wildman–Crippen MR) is 81.1 cm³/mol. The maximum absolute atomic E-state index is 10.8. The molecule has 3 atom stereocenters. The molecule has 1 saturated heterocycles. The molecule has 7 heteroatoms. The summed E-state index contributed by atoms with van der Waals surface area (Å²) in [5.41, 5.74) is 0.0538. The van der Waals surface area contributed by atoms with Crippen molar-refractivity contribution in [1.29, 1.82) is 0 Å². The molecule has 2 bridgehead atoms. The van der Waals surface area contributed by atoms with Crippen LogP contribution in [0.1, 0.15) is 32.1 Å². The van der Waals surface area contributed by atoms with Crippen LogP contribution in [-0.2, 0) is 23.9 Å². The predicted octanol–water partition coefficient (Wildman–Crippen LogP) is 1.53. The summed E-state index contributed by atoms with van der Waals surface area (Å²) in [5, 5.41) is 17.7. The van der Waals surface area contributed by atoms with Gasteiger partial charge in [-0.15, -0.1) is 0 Å². The van der Waals surface area contributed by atoms with Gasteiger partial charge in [-0.05, 0) is 43.9 Å².